The third-order valence-corrected chi connectivity index (χ3v) is 5.82. The van der Waals surface area contributed by atoms with E-state index in [-0.39, 0.29) is 17.2 Å². The number of rotatable bonds is 11. The van der Waals surface area contributed by atoms with Gasteiger partial charge in [0.1, 0.15) is 5.70 Å². The van der Waals surface area contributed by atoms with Crippen LogP contribution in [0.25, 0.3) is 6.08 Å². The quantitative estimate of drug-likeness (QED) is 0.0872. The van der Waals surface area contributed by atoms with E-state index in [2.05, 4.69) is 15.8 Å². The highest BCUT2D eigenvalue weighted by molar-refractivity contribution is 6.05. The molecule has 0 bridgehead atoms. The lowest BCUT2D eigenvalue weighted by Gasteiger charge is -2.13. The zero-order valence-electron chi connectivity index (χ0n) is 23.4. The summed E-state index contributed by atoms with van der Waals surface area (Å²) in [6, 6.07) is 24.0. The van der Waals surface area contributed by atoms with Crippen LogP contribution in [-0.2, 0) is 4.79 Å². The molecule has 1 aromatic heterocycles. The van der Waals surface area contributed by atoms with Crippen LogP contribution in [0.5, 0.6) is 11.5 Å². The molecule has 0 saturated carbocycles. The van der Waals surface area contributed by atoms with E-state index in [4.69, 9.17) is 13.9 Å². The average molecular weight is 567 g/mol. The lowest BCUT2D eigenvalue weighted by atomic mass is 10.1. The second-order valence-corrected chi connectivity index (χ2v) is 9.07. The Labute approximate surface area is 243 Å². The van der Waals surface area contributed by atoms with E-state index in [1.165, 1.54) is 18.5 Å². The number of furan rings is 1. The standard InChI is InChI=1S/C32H30N4O6/c1-4-40-29-20-23(14-17-27(29)42-32(39)28-11-8-18-41-28)21-33-35-31(38)26(34-30(37)24-9-6-5-7-10-24)19-22-12-15-25(16-13-22)36(2)3/h5-21H,4H2,1-3H3,(H,34,37)(H,35,38)/b26-19-,33-21-. The fraction of sp³-hybridized carbons (Fsp3) is 0.125. The van der Waals surface area contributed by atoms with E-state index in [1.807, 2.05) is 43.3 Å². The second kappa shape index (κ2) is 14.1. The third-order valence-electron chi connectivity index (χ3n) is 5.82. The van der Waals surface area contributed by atoms with Gasteiger partial charge in [0.05, 0.1) is 19.1 Å². The molecule has 10 heteroatoms. The third kappa shape index (κ3) is 7.95. The lowest BCUT2D eigenvalue weighted by Crippen LogP contribution is -2.32. The molecule has 3 aromatic carbocycles. The molecule has 0 spiro atoms. The topological polar surface area (TPSA) is 122 Å². The van der Waals surface area contributed by atoms with Crippen LogP contribution in [0.1, 0.15) is 39.0 Å². The first-order chi connectivity index (χ1) is 20.3. The van der Waals surface area contributed by atoms with Crippen molar-refractivity contribution < 1.29 is 28.3 Å². The number of benzene rings is 3. The Morgan fingerprint density at radius 2 is 1.64 bits per heavy atom. The molecule has 0 aliphatic heterocycles. The van der Waals surface area contributed by atoms with Crippen LogP contribution < -0.4 is 25.1 Å². The van der Waals surface area contributed by atoms with Gasteiger partial charge in [0, 0.05) is 25.3 Å². The monoisotopic (exact) mass is 566 g/mol. The molecule has 0 atom stereocenters. The molecular weight excluding hydrogens is 536 g/mol. The van der Waals surface area contributed by atoms with Gasteiger partial charge in [-0.25, -0.2) is 10.2 Å². The van der Waals surface area contributed by atoms with E-state index in [0.29, 0.717) is 29.0 Å². The average Bonchev–Trinajstić information content (AvgIpc) is 3.54. The van der Waals surface area contributed by atoms with Crippen molar-refractivity contribution in [3.63, 3.8) is 0 Å². The van der Waals surface area contributed by atoms with Crippen LogP contribution in [0.3, 0.4) is 0 Å². The molecule has 42 heavy (non-hydrogen) atoms. The number of carbonyl (C=O) groups is 3. The highest BCUT2D eigenvalue weighted by atomic mass is 16.6. The van der Waals surface area contributed by atoms with Gasteiger partial charge in [-0.05, 0) is 78.7 Å². The van der Waals surface area contributed by atoms with Gasteiger partial charge in [-0.3, -0.25) is 9.59 Å². The summed E-state index contributed by atoms with van der Waals surface area (Å²) in [5.41, 5.74) is 5.13. The Balaban J connectivity index is 1.50. The molecule has 4 rings (SSSR count). The van der Waals surface area contributed by atoms with E-state index in [1.54, 1.807) is 67.6 Å². The number of ether oxygens (including phenoxy) is 2. The summed E-state index contributed by atoms with van der Waals surface area (Å²) in [6.45, 7) is 2.12. The van der Waals surface area contributed by atoms with Gasteiger partial charge in [-0.2, -0.15) is 5.10 Å². The number of anilines is 1. The molecule has 2 amide bonds. The zero-order chi connectivity index (χ0) is 29.9. The molecular formula is C32H30N4O6. The SMILES string of the molecule is CCOc1cc(/C=N\NC(=O)/C(=C/c2ccc(N(C)C)cc2)NC(=O)c2ccccc2)ccc1OC(=O)c1ccco1. The van der Waals surface area contributed by atoms with E-state index in [9.17, 15) is 14.4 Å². The predicted molar refractivity (Wildman–Crippen MR) is 160 cm³/mol. The first kappa shape index (κ1) is 29.3. The number of esters is 1. The summed E-state index contributed by atoms with van der Waals surface area (Å²) in [6.07, 6.45) is 4.35. The Hall–Kier alpha value is -5.64. The van der Waals surface area contributed by atoms with Gasteiger partial charge in [-0.15, -0.1) is 0 Å². The summed E-state index contributed by atoms with van der Waals surface area (Å²) >= 11 is 0. The summed E-state index contributed by atoms with van der Waals surface area (Å²) in [5.74, 6) is -1.16. The molecule has 1 heterocycles. The maximum atomic E-state index is 13.1. The molecule has 0 saturated heterocycles. The summed E-state index contributed by atoms with van der Waals surface area (Å²) in [4.78, 5) is 40.2. The fourth-order valence-corrected chi connectivity index (χ4v) is 3.71. The van der Waals surface area contributed by atoms with Crippen LogP contribution in [-0.4, -0.2) is 44.7 Å². The van der Waals surface area contributed by atoms with E-state index in [0.717, 1.165) is 5.69 Å². The van der Waals surface area contributed by atoms with E-state index >= 15 is 0 Å². The number of nitrogens with one attached hydrogen (secondary N) is 2. The Bertz CT molecular complexity index is 1580. The lowest BCUT2D eigenvalue weighted by molar-refractivity contribution is -0.117. The molecule has 0 aliphatic rings. The van der Waals surface area contributed by atoms with Crippen molar-refractivity contribution >= 4 is 35.8 Å². The van der Waals surface area contributed by atoms with Crippen molar-refractivity contribution in [1.29, 1.82) is 0 Å². The maximum Gasteiger partial charge on any atom is 0.379 e. The predicted octanol–water partition coefficient (Wildman–Crippen LogP) is 4.88. The Morgan fingerprint density at radius 1 is 0.905 bits per heavy atom. The van der Waals surface area contributed by atoms with Crippen molar-refractivity contribution in [2.24, 2.45) is 5.10 Å². The summed E-state index contributed by atoms with van der Waals surface area (Å²) in [5, 5.41) is 6.73. The minimum atomic E-state index is -0.664. The molecule has 214 valence electrons. The van der Waals surface area contributed by atoms with Crippen molar-refractivity contribution in [2.75, 3.05) is 25.6 Å². The zero-order valence-corrected chi connectivity index (χ0v) is 23.4. The molecule has 0 aliphatic carbocycles. The number of amides is 2. The van der Waals surface area contributed by atoms with Gasteiger partial charge >= 0.3 is 5.97 Å². The van der Waals surface area contributed by atoms with Crippen LogP contribution in [0.2, 0.25) is 0 Å². The minimum absolute atomic E-state index is 0.00815. The maximum absolute atomic E-state index is 13.1. The van der Waals surface area contributed by atoms with E-state index < -0.39 is 17.8 Å². The highest BCUT2D eigenvalue weighted by Crippen LogP contribution is 2.29. The first-order valence-corrected chi connectivity index (χ1v) is 13.1. The first-order valence-electron chi connectivity index (χ1n) is 13.1. The van der Waals surface area contributed by atoms with Crippen LogP contribution >= 0.6 is 0 Å². The normalized spacial score (nSPS) is 11.2. The summed E-state index contributed by atoms with van der Waals surface area (Å²) in [7, 11) is 3.86. The molecule has 0 radical (unpaired) electrons. The van der Waals surface area contributed by atoms with Crippen LogP contribution in [0.15, 0.2) is 106 Å². The van der Waals surface area contributed by atoms with Crippen molar-refractivity contribution in [2.45, 2.75) is 6.92 Å². The number of nitrogens with zero attached hydrogens (tertiary/aromatic N) is 2. The Kier molecular flexibility index (Phi) is 9.87. The van der Waals surface area contributed by atoms with Gasteiger partial charge in [0.25, 0.3) is 11.8 Å². The van der Waals surface area contributed by atoms with Crippen molar-refractivity contribution in [3.05, 3.63) is 119 Å². The largest absolute Gasteiger partial charge is 0.490 e. The number of hydrazone groups is 1. The molecule has 0 fully saturated rings. The van der Waals surface area contributed by atoms with Crippen LogP contribution in [0, 0.1) is 0 Å². The van der Waals surface area contributed by atoms with Gasteiger partial charge in [0.15, 0.2) is 11.5 Å². The second-order valence-electron chi connectivity index (χ2n) is 9.07. The molecule has 4 aromatic rings. The van der Waals surface area contributed by atoms with Gasteiger partial charge in [-0.1, -0.05) is 30.3 Å². The number of carbonyl (C=O) groups excluding carboxylic acids is 3. The fourth-order valence-electron chi connectivity index (χ4n) is 3.71. The smallest absolute Gasteiger partial charge is 0.379 e. The molecule has 10 nitrogen and oxygen atoms in total. The number of hydrogen-bond donors (Lipinski definition) is 2. The number of hydrogen-bond acceptors (Lipinski definition) is 8. The molecule has 0 unspecified atom stereocenters. The highest BCUT2D eigenvalue weighted by Gasteiger charge is 2.16. The summed E-state index contributed by atoms with van der Waals surface area (Å²) < 4.78 is 16.1. The minimum Gasteiger partial charge on any atom is -0.490 e. The Morgan fingerprint density at radius 3 is 2.31 bits per heavy atom. The molecule has 2 N–H and O–H groups in total. The van der Waals surface area contributed by atoms with Gasteiger partial charge in [0.2, 0.25) is 5.76 Å². The van der Waals surface area contributed by atoms with Crippen LogP contribution in [0.4, 0.5) is 5.69 Å². The van der Waals surface area contributed by atoms with Crippen molar-refractivity contribution in [1.82, 2.24) is 10.7 Å². The van der Waals surface area contributed by atoms with Gasteiger partial charge < -0.3 is 24.1 Å². The van der Waals surface area contributed by atoms with Crippen molar-refractivity contribution in [3.8, 4) is 11.5 Å².